The van der Waals surface area contributed by atoms with E-state index in [0.717, 1.165) is 6.54 Å². The highest BCUT2D eigenvalue weighted by Crippen LogP contribution is 2.28. The third-order valence-electron chi connectivity index (χ3n) is 2.97. The summed E-state index contributed by atoms with van der Waals surface area (Å²) in [5.41, 5.74) is 0.665. The smallest absolute Gasteiger partial charge is 0.362 e. The Morgan fingerprint density at radius 1 is 1.35 bits per heavy atom. The van der Waals surface area contributed by atoms with E-state index in [2.05, 4.69) is 15.5 Å². The van der Waals surface area contributed by atoms with Crippen LogP contribution in [0.5, 0.6) is 0 Å². The number of likely N-dealkylation sites (N-methyl/N-ethyl adjacent to an activating group) is 1. The van der Waals surface area contributed by atoms with Gasteiger partial charge in [-0.3, -0.25) is 0 Å². The lowest BCUT2D eigenvalue weighted by molar-refractivity contribution is 0.0594. The monoisotopic (exact) mass is 357 g/mol. The maximum atomic E-state index is 11.9. The summed E-state index contributed by atoms with van der Waals surface area (Å²) in [7, 11) is 5.18. The Kier molecular flexibility index (Phi) is 5.81. The van der Waals surface area contributed by atoms with Crippen molar-refractivity contribution in [2.75, 3.05) is 33.1 Å². The van der Waals surface area contributed by atoms with Crippen molar-refractivity contribution in [2.45, 2.75) is 6.54 Å². The SMILES string of the molecule is COC(=O)c1nn(CCN(C)C)nc1Nc1ccc(Cl)cc1Cl. The maximum Gasteiger partial charge on any atom is 0.362 e. The van der Waals surface area contributed by atoms with Crippen molar-refractivity contribution in [3.05, 3.63) is 33.9 Å². The molecule has 23 heavy (non-hydrogen) atoms. The van der Waals surface area contributed by atoms with Crippen LogP contribution in [0.2, 0.25) is 10.0 Å². The first-order chi connectivity index (χ1) is 10.9. The molecule has 7 nitrogen and oxygen atoms in total. The number of methoxy groups -OCH3 is 1. The number of halogens is 2. The second kappa shape index (κ2) is 7.63. The maximum absolute atomic E-state index is 11.9. The molecule has 9 heteroatoms. The Labute approximate surface area is 144 Å². The lowest BCUT2D eigenvalue weighted by Gasteiger charge is -2.08. The zero-order valence-electron chi connectivity index (χ0n) is 13.0. The van der Waals surface area contributed by atoms with E-state index in [4.69, 9.17) is 27.9 Å². The summed E-state index contributed by atoms with van der Waals surface area (Å²) in [6.07, 6.45) is 0. The van der Waals surface area contributed by atoms with Crippen LogP contribution in [0.15, 0.2) is 18.2 Å². The van der Waals surface area contributed by atoms with Gasteiger partial charge < -0.3 is 15.0 Å². The summed E-state index contributed by atoms with van der Waals surface area (Å²) < 4.78 is 4.74. The molecule has 0 aliphatic carbocycles. The topological polar surface area (TPSA) is 72.3 Å². The number of carbonyl (C=O) groups excluding carboxylic acids is 1. The number of rotatable bonds is 6. The summed E-state index contributed by atoms with van der Waals surface area (Å²) in [4.78, 5) is 15.3. The standard InChI is InChI=1S/C14H17Cl2N5O2/c1-20(2)6-7-21-18-12(14(22)23-3)13(19-21)17-11-5-4-9(15)8-10(11)16/h4-5,8H,6-7H2,1-3H3,(H,17,19). The average Bonchev–Trinajstić information content (AvgIpc) is 2.90. The van der Waals surface area contributed by atoms with Gasteiger partial charge in [-0.05, 0) is 32.3 Å². The number of hydrogen-bond donors (Lipinski definition) is 1. The molecule has 0 saturated carbocycles. The molecule has 0 unspecified atom stereocenters. The van der Waals surface area contributed by atoms with Gasteiger partial charge in [-0.1, -0.05) is 23.2 Å². The number of ether oxygens (including phenoxy) is 1. The van der Waals surface area contributed by atoms with Crippen LogP contribution in [0, 0.1) is 0 Å². The number of esters is 1. The van der Waals surface area contributed by atoms with Gasteiger partial charge in [0.05, 0.1) is 24.4 Å². The lowest BCUT2D eigenvalue weighted by atomic mass is 10.3. The highest BCUT2D eigenvalue weighted by molar-refractivity contribution is 6.36. The Morgan fingerprint density at radius 3 is 2.70 bits per heavy atom. The number of anilines is 2. The van der Waals surface area contributed by atoms with Crippen molar-refractivity contribution < 1.29 is 9.53 Å². The van der Waals surface area contributed by atoms with Crippen LogP contribution in [0.25, 0.3) is 0 Å². The van der Waals surface area contributed by atoms with Crippen LogP contribution in [-0.2, 0) is 11.3 Å². The van der Waals surface area contributed by atoms with Crippen molar-refractivity contribution in [3.8, 4) is 0 Å². The molecule has 0 radical (unpaired) electrons. The van der Waals surface area contributed by atoms with E-state index < -0.39 is 5.97 Å². The average molecular weight is 358 g/mol. The molecule has 1 aromatic heterocycles. The number of aromatic nitrogens is 3. The van der Waals surface area contributed by atoms with Crippen molar-refractivity contribution in [1.82, 2.24) is 19.9 Å². The molecule has 0 aliphatic heterocycles. The van der Waals surface area contributed by atoms with E-state index in [1.165, 1.54) is 11.9 Å². The van der Waals surface area contributed by atoms with Gasteiger partial charge >= 0.3 is 5.97 Å². The first kappa shape index (κ1) is 17.5. The van der Waals surface area contributed by atoms with Crippen LogP contribution in [0.3, 0.4) is 0 Å². The molecule has 0 fully saturated rings. The predicted octanol–water partition coefficient (Wildman–Crippen LogP) is 2.68. The summed E-state index contributed by atoms with van der Waals surface area (Å²) >= 11 is 12.0. The van der Waals surface area contributed by atoms with E-state index in [0.29, 0.717) is 22.3 Å². The van der Waals surface area contributed by atoms with Crippen LogP contribution >= 0.6 is 23.2 Å². The van der Waals surface area contributed by atoms with Crippen LogP contribution < -0.4 is 5.32 Å². The van der Waals surface area contributed by atoms with Gasteiger partial charge in [0.2, 0.25) is 5.69 Å². The van der Waals surface area contributed by atoms with Crippen LogP contribution in [0.4, 0.5) is 11.5 Å². The van der Waals surface area contributed by atoms with Gasteiger partial charge in [0.25, 0.3) is 0 Å². The minimum atomic E-state index is -0.575. The van der Waals surface area contributed by atoms with Crippen molar-refractivity contribution in [3.63, 3.8) is 0 Å². The van der Waals surface area contributed by atoms with Crippen molar-refractivity contribution in [2.24, 2.45) is 0 Å². The summed E-state index contributed by atoms with van der Waals surface area (Å²) in [5, 5.41) is 12.4. The van der Waals surface area contributed by atoms with Crippen LogP contribution in [0.1, 0.15) is 10.5 Å². The third-order valence-corrected chi connectivity index (χ3v) is 3.51. The fourth-order valence-corrected chi connectivity index (χ4v) is 2.23. The molecule has 1 N–H and O–H groups in total. The molecule has 124 valence electrons. The quantitative estimate of drug-likeness (QED) is 0.801. The second-order valence-electron chi connectivity index (χ2n) is 5.04. The minimum absolute atomic E-state index is 0.0947. The molecule has 2 aromatic rings. The Morgan fingerprint density at radius 2 is 2.09 bits per heavy atom. The lowest BCUT2D eigenvalue weighted by Crippen LogP contribution is -2.20. The number of carbonyl (C=O) groups is 1. The van der Waals surface area contributed by atoms with Crippen molar-refractivity contribution >= 4 is 40.7 Å². The molecular weight excluding hydrogens is 341 g/mol. The van der Waals surface area contributed by atoms with E-state index in [-0.39, 0.29) is 11.5 Å². The first-order valence-corrected chi connectivity index (χ1v) is 7.56. The van der Waals surface area contributed by atoms with Gasteiger partial charge in [0.1, 0.15) is 0 Å². The second-order valence-corrected chi connectivity index (χ2v) is 5.88. The fourth-order valence-electron chi connectivity index (χ4n) is 1.77. The molecule has 0 saturated heterocycles. The Balaban J connectivity index is 2.29. The Bertz CT molecular complexity index is 702. The highest BCUT2D eigenvalue weighted by Gasteiger charge is 2.20. The van der Waals surface area contributed by atoms with Gasteiger partial charge in [-0.15, -0.1) is 10.2 Å². The summed E-state index contributed by atoms with van der Waals surface area (Å²) in [6, 6.07) is 4.98. The zero-order chi connectivity index (χ0) is 17.0. The highest BCUT2D eigenvalue weighted by atomic mass is 35.5. The minimum Gasteiger partial charge on any atom is -0.464 e. The molecule has 0 spiro atoms. The van der Waals surface area contributed by atoms with E-state index in [9.17, 15) is 4.79 Å². The normalized spacial score (nSPS) is 10.9. The molecule has 0 bridgehead atoms. The zero-order valence-corrected chi connectivity index (χ0v) is 14.5. The number of benzene rings is 1. The molecule has 0 atom stereocenters. The first-order valence-electron chi connectivity index (χ1n) is 6.81. The third kappa shape index (κ3) is 4.57. The molecule has 0 amide bonds. The molecule has 2 rings (SSSR count). The van der Waals surface area contributed by atoms with Crippen molar-refractivity contribution in [1.29, 1.82) is 0 Å². The largest absolute Gasteiger partial charge is 0.464 e. The molecule has 0 aliphatic rings. The van der Waals surface area contributed by atoms with Gasteiger partial charge in [0, 0.05) is 11.6 Å². The van der Waals surface area contributed by atoms with Crippen LogP contribution in [-0.4, -0.2) is 53.6 Å². The fraction of sp³-hybridized carbons (Fsp3) is 0.357. The van der Waals surface area contributed by atoms with E-state index >= 15 is 0 Å². The van der Waals surface area contributed by atoms with Gasteiger partial charge in [-0.25, -0.2) is 4.79 Å². The van der Waals surface area contributed by atoms with E-state index in [1.807, 2.05) is 19.0 Å². The Hall–Kier alpha value is -1.83. The number of hydrogen-bond acceptors (Lipinski definition) is 6. The molecule has 1 aromatic carbocycles. The van der Waals surface area contributed by atoms with Gasteiger partial charge in [-0.2, -0.15) is 4.80 Å². The number of nitrogens with one attached hydrogen (secondary N) is 1. The molecular formula is C14H17Cl2N5O2. The number of nitrogens with zero attached hydrogens (tertiary/aromatic N) is 4. The van der Waals surface area contributed by atoms with E-state index in [1.54, 1.807) is 18.2 Å². The predicted molar refractivity (Wildman–Crippen MR) is 89.7 cm³/mol. The summed E-state index contributed by atoms with van der Waals surface area (Å²) in [6.45, 7) is 1.27. The molecule has 1 heterocycles. The summed E-state index contributed by atoms with van der Waals surface area (Å²) in [5.74, 6) is -0.298. The van der Waals surface area contributed by atoms with Gasteiger partial charge in [0.15, 0.2) is 5.82 Å².